The molecule has 0 spiro atoms. The standard InChI is InChI=1S/C16H16O5.C8H8O2/c1-8(2)3-4-10(17)9-7-13(20)14-11(18)5-6-12(19)15(14)16(9)21;9-8(10)6-7-4-2-1-3-5-7/h3,5-7,10,17-19H,4H2,1-2H3;1-5H,6H2,(H,9,10). The van der Waals surface area contributed by atoms with E-state index in [9.17, 15) is 29.7 Å². The Balaban J connectivity index is 0.000000285. The van der Waals surface area contributed by atoms with Crippen LogP contribution in [0.1, 0.15) is 46.5 Å². The molecule has 0 heterocycles. The monoisotopic (exact) mass is 424 g/mol. The number of carbonyl (C=O) groups excluding carboxylic acids is 2. The number of aliphatic hydroxyl groups excluding tert-OH is 1. The summed E-state index contributed by atoms with van der Waals surface area (Å²) in [6.07, 6.45) is 1.95. The van der Waals surface area contributed by atoms with Crippen LogP contribution in [0.2, 0.25) is 0 Å². The molecule has 0 amide bonds. The van der Waals surface area contributed by atoms with E-state index in [0.717, 1.165) is 29.3 Å². The second kappa shape index (κ2) is 10.4. The number of Topliss-reactive ketones (excluding diaryl/α,β-unsaturated/α-hetero) is 1. The lowest BCUT2D eigenvalue weighted by Crippen LogP contribution is -2.25. The number of rotatable bonds is 5. The zero-order valence-corrected chi connectivity index (χ0v) is 17.2. The van der Waals surface area contributed by atoms with E-state index in [2.05, 4.69) is 0 Å². The first-order chi connectivity index (χ1) is 14.6. The van der Waals surface area contributed by atoms with Crippen LogP contribution in [0.5, 0.6) is 11.5 Å². The van der Waals surface area contributed by atoms with E-state index in [1.54, 1.807) is 18.2 Å². The molecule has 4 N–H and O–H groups in total. The van der Waals surface area contributed by atoms with Crippen LogP contribution in [0.15, 0.2) is 65.8 Å². The number of phenols is 2. The van der Waals surface area contributed by atoms with Gasteiger partial charge in [0.15, 0.2) is 11.6 Å². The molecule has 31 heavy (non-hydrogen) atoms. The van der Waals surface area contributed by atoms with Gasteiger partial charge >= 0.3 is 5.97 Å². The molecule has 1 aliphatic carbocycles. The van der Waals surface area contributed by atoms with E-state index >= 15 is 0 Å². The Bertz CT molecular complexity index is 1050. The largest absolute Gasteiger partial charge is 0.507 e. The lowest BCUT2D eigenvalue weighted by Gasteiger charge is -2.20. The normalized spacial score (nSPS) is 13.3. The van der Waals surface area contributed by atoms with Gasteiger partial charge in [-0.05, 0) is 44.0 Å². The van der Waals surface area contributed by atoms with E-state index in [4.69, 9.17) is 5.11 Å². The number of aliphatic hydroxyl groups is 1. The fourth-order valence-electron chi connectivity index (χ4n) is 2.98. The molecular weight excluding hydrogens is 400 g/mol. The predicted molar refractivity (Wildman–Crippen MR) is 114 cm³/mol. The Kier molecular flexibility index (Phi) is 7.88. The average Bonchev–Trinajstić information content (AvgIpc) is 2.71. The first-order valence-corrected chi connectivity index (χ1v) is 9.54. The quantitative estimate of drug-likeness (QED) is 0.427. The summed E-state index contributed by atoms with van der Waals surface area (Å²) in [5.41, 5.74) is 1.26. The molecule has 162 valence electrons. The van der Waals surface area contributed by atoms with Crippen molar-refractivity contribution in [1.82, 2.24) is 0 Å². The van der Waals surface area contributed by atoms with Crippen LogP contribution in [0, 0.1) is 0 Å². The zero-order chi connectivity index (χ0) is 23.1. The Labute approximate surface area is 179 Å². The number of hydrogen-bond donors (Lipinski definition) is 4. The molecule has 3 rings (SSSR count). The van der Waals surface area contributed by atoms with Crippen LogP contribution in [0.25, 0.3) is 0 Å². The molecule has 1 atom stereocenters. The highest BCUT2D eigenvalue weighted by Gasteiger charge is 2.33. The summed E-state index contributed by atoms with van der Waals surface area (Å²) in [5, 5.41) is 37.9. The molecule has 7 heteroatoms. The molecular formula is C24H24O7. The fourth-order valence-corrected chi connectivity index (χ4v) is 2.98. The Morgan fingerprint density at radius 3 is 2.10 bits per heavy atom. The van der Waals surface area contributed by atoms with Crippen molar-refractivity contribution in [2.45, 2.75) is 32.8 Å². The number of fused-ring (bicyclic) bond motifs is 1. The molecule has 1 aliphatic rings. The van der Waals surface area contributed by atoms with Gasteiger partial charge in [-0.1, -0.05) is 42.0 Å². The van der Waals surface area contributed by atoms with E-state index in [1.165, 1.54) is 0 Å². The molecule has 7 nitrogen and oxygen atoms in total. The van der Waals surface area contributed by atoms with Gasteiger partial charge in [-0.15, -0.1) is 0 Å². The summed E-state index contributed by atoms with van der Waals surface area (Å²) in [4.78, 5) is 34.5. The molecule has 1 unspecified atom stereocenters. The maximum atomic E-state index is 12.3. The average molecular weight is 424 g/mol. The van der Waals surface area contributed by atoms with E-state index in [0.29, 0.717) is 0 Å². The summed E-state index contributed by atoms with van der Waals surface area (Å²) in [7, 11) is 0. The molecule has 0 fully saturated rings. The number of phenolic OH excluding ortho intramolecular Hbond substituents is 2. The molecule has 0 saturated carbocycles. The first-order valence-electron chi connectivity index (χ1n) is 9.54. The van der Waals surface area contributed by atoms with Gasteiger partial charge in [-0.25, -0.2) is 0 Å². The molecule has 0 radical (unpaired) electrons. The number of carboxylic acid groups (broad SMARTS) is 1. The van der Waals surface area contributed by atoms with Crippen molar-refractivity contribution in [2.75, 3.05) is 0 Å². The second-order valence-corrected chi connectivity index (χ2v) is 7.24. The third kappa shape index (κ3) is 6.13. The Morgan fingerprint density at radius 2 is 1.55 bits per heavy atom. The Hall–Kier alpha value is -3.71. The van der Waals surface area contributed by atoms with Gasteiger partial charge in [0.05, 0.1) is 23.7 Å². The molecule has 0 aromatic heterocycles. The smallest absolute Gasteiger partial charge is 0.307 e. The number of aromatic hydroxyl groups is 2. The number of ketones is 2. The van der Waals surface area contributed by atoms with Crippen LogP contribution in [-0.2, 0) is 11.2 Å². The number of allylic oxidation sites excluding steroid dienone is 2. The molecule has 0 aliphatic heterocycles. The number of carbonyl (C=O) groups is 3. The van der Waals surface area contributed by atoms with Crippen LogP contribution in [0.4, 0.5) is 0 Å². The van der Waals surface area contributed by atoms with Gasteiger partial charge in [0, 0.05) is 5.57 Å². The summed E-state index contributed by atoms with van der Waals surface area (Å²) in [6.45, 7) is 3.71. The van der Waals surface area contributed by atoms with Crippen molar-refractivity contribution in [3.63, 3.8) is 0 Å². The van der Waals surface area contributed by atoms with E-state index in [-0.39, 0.29) is 41.0 Å². The van der Waals surface area contributed by atoms with Gasteiger partial charge in [-0.3, -0.25) is 14.4 Å². The SMILES string of the molecule is CC(C)=CCC(O)C1=CC(=O)c2c(O)ccc(O)c2C1=O.O=C(O)Cc1ccccc1. The highest BCUT2D eigenvalue weighted by molar-refractivity contribution is 6.26. The zero-order valence-electron chi connectivity index (χ0n) is 17.2. The van der Waals surface area contributed by atoms with Crippen LogP contribution < -0.4 is 0 Å². The first kappa shape index (κ1) is 23.6. The number of carboxylic acids is 1. The molecule has 2 aromatic carbocycles. The number of aliphatic carboxylic acids is 1. The lowest BCUT2D eigenvalue weighted by atomic mass is 9.85. The van der Waals surface area contributed by atoms with Gasteiger partial charge in [0.1, 0.15) is 11.5 Å². The lowest BCUT2D eigenvalue weighted by molar-refractivity contribution is -0.136. The second-order valence-electron chi connectivity index (χ2n) is 7.24. The minimum Gasteiger partial charge on any atom is -0.507 e. The van der Waals surface area contributed by atoms with Gasteiger partial charge in [0.25, 0.3) is 0 Å². The van der Waals surface area contributed by atoms with Crippen LogP contribution in [-0.4, -0.2) is 44.1 Å². The van der Waals surface area contributed by atoms with Gasteiger partial charge < -0.3 is 20.4 Å². The molecule has 2 aromatic rings. The van der Waals surface area contributed by atoms with Gasteiger partial charge in [0.2, 0.25) is 0 Å². The molecule has 0 bridgehead atoms. The summed E-state index contributed by atoms with van der Waals surface area (Å²) >= 11 is 0. The minimum absolute atomic E-state index is 0.0779. The topological polar surface area (TPSA) is 132 Å². The van der Waals surface area contributed by atoms with Crippen molar-refractivity contribution in [2.24, 2.45) is 0 Å². The maximum absolute atomic E-state index is 12.3. The van der Waals surface area contributed by atoms with Crippen molar-refractivity contribution < 1.29 is 34.8 Å². The van der Waals surface area contributed by atoms with Crippen molar-refractivity contribution in [3.05, 3.63) is 82.5 Å². The third-order valence-electron chi connectivity index (χ3n) is 4.49. The third-order valence-corrected chi connectivity index (χ3v) is 4.49. The molecule has 0 saturated heterocycles. The predicted octanol–water partition coefficient (Wildman–Crippen LogP) is 3.43. The summed E-state index contributed by atoms with van der Waals surface area (Å²) in [6, 6.07) is 11.4. The highest BCUT2D eigenvalue weighted by atomic mass is 16.4. The van der Waals surface area contributed by atoms with Crippen LogP contribution in [0.3, 0.4) is 0 Å². The van der Waals surface area contributed by atoms with E-state index in [1.807, 2.05) is 32.0 Å². The van der Waals surface area contributed by atoms with Crippen molar-refractivity contribution in [1.29, 1.82) is 0 Å². The van der Waals surface area contributed by atoms with Gasteiger partial charge in [-0.2, -0.15) is 0 Å². The number of benzene rings is 2. The fraction of sp³-hybridized carbons (Fsp3) is 0.208. The van der Waals surface area contributed by atoms with Crippen molar-refractivity contribution >= 4 is 17.5 Å². The Morgan fingerprint density at radius 1 is 0.968 bits per heavy atom. The summed E-state index contributed by atoms with van der Waals surface area (Å²) in [5.74, 6) is -2.79. The van der Waals surface area contributed by atoms with E-state index < -0.39 is 23.6 Å². The number of hydrogen-bond acceptors (Lipinski definition) is 6. The minimum atomic E-state index is -1.13. The van der Waals surface area contributed by atoms with Crippen molar-refractivity contribution in [3.8, 4) is 11.5 Å². The highest BCUT2D eigenvalue weighted by Crippen LogP contribution is 2.35. The van der Waals surface area contributed by atoms with Crippen LogP contribution >= 0.6 is 0 Å². The summed E-state index contributed by atoms with van der Waals surface area (Å²) < 4.78 is 0. The maximum Gasteiger partial charge on any atom is 0.307 e.